The van der Waals surface area contributed by atoms with Crippen molar-refractivity contribution in [3.63, 3.8) is 0 Å². The number of nitrogens with zero attached hydrogens (tertiary/aromatic N) is 1. The van der Waals surface area contributed by atoms with Crippen molar-refractivity contribution < 1.29 is 0 Å². The Labute approximate surface area is 117 Å². The number of nitrogens with one attached hydrogen (secondary N) is 2. The van der Waals surface area contributed by atoms with E-state index in [4.69, 9.17) is 0 Å². The van der Waals surface area contributed by atoms with Crippen molar-refractivity contribution in [1.29, 1.82) is 0 Å². The highest BCUT2D eigenvalue weighted by molar-refractivity contribution is 9.10. The molecule has 0 unspecified atom stereocenters. The van der Waals surface area contributed by atoms with Crippen LogP contribution in [-0.2, 0) is 0 Å². The van der Waals surface area contributed by atoms with Crippen molar-refractivity contribution in [2.24, 2.45) is 0 Å². The minimum Gasteiger partial charge on any atom is -0.354 e. The average molecular weight is 312 g/mol. The molecule has 0 bridgehead atoms. The Morgan fingerprint density at radius 1 is 1.00 bits per heavy atom. The van der Waals surface area contributed by atoms with E-state index >= 15 is 0 Å². The maximum atomic E-state index is 4.42. The Kier molecular flexibility index (Phi) is 2.26. The summed E-state index contributed by atoms with van der Waals surface area (Å²) in [6, 6.07) is 12.5. The van der Waals surface area contributed by atoms with Crippen LogP contribution in [0.3, 0.4) is 0 Å². The second-order valence-corrected chi connectivity index (χ2v) is 5.47. The highest BCUT2D eigenvalue weighted by atomic mass is 79.9. The van der Waals surface area contributed by atoms with Gasteiger partial charge in [-0.2, -0.15) is 0 Å². The molecule has 0 saturated heterocycles. The zero-order valence-corrected chi connectivity index (χ0v) is 11.5. The molecule has 92 valence electrons. The maximum Gasteiger partial charge on any atom is 0.137 e. The Morgan fingerprint density at radius 2 is 1.95 bits per heavy atom. The van der Waals surface area contributed by atoms with E-state index in [1.807, 2.05) is 24.5 Å². The van der Waals surface area contributed by atoms with Crippen LogP contribution in [0.2, 0.25) is 0 Å². The summed E-state index contributed by atoms with van der Waals surface area (Å²) in [7, 11) is 0. The van der Waals surface area contributed by atoms with Gasteiger partial charge in [-0.3, -0.25) is 0 Å². The fourth-order valence-corrected chi connectivity index (χ4v) is 2.72. The molecule has 4 heteroatoms. The number of benzene rings is 1. The number of hydrogen-bond donors (Lipinski definition) is 2. The molecule has 0 saturated carbocycles. The Morgan fingerprint density at radius 3 is 2.89 bits per heavy atom. The molecule has 0 amide bonds. The summed E-state index contributed by atoms with van der Waals surface area (Å²) in [6.07, 6.45) is 3.79. The summed E-state index contributed by atoms with van der Waals surface area (Å²) in [5.74, 6) is 0. The average Bonchev–Trinajstić information content (AvgIpc) is 3.02. The third-order valence-corrected chi connectivity index (χ3v) is 3.79. The van der Waals surface area contributed by atoms with E-state index in [2.05, 4.69) is 55.1 Å². The van der Waals surface area contributed by atoms with E-state index in [0.717, 1.165) is 32.3 Å². The quantitative estimate of drug-likeness (QED) is 0.535. The molecular weight excluding hydrogens is 302 g/mol. The summed E-state index contributed by atoms with van der Waals surface area (Å²) < 4.78 is 1.09. The van der Waals surface area contributed by atoms with E-state index in [9.17, 15) is 0 Å². The molecule has 0 radical (unpaired) electrons. The predicted molar refractivity (Wildman–Crippen MR) is 81.1 cm³/mol. The molecule has 1 aromatic carbocycles. The first-order valence-electron chi connectivity index (χ1n) is 6.01. The fraction of sp³-hybridized carbons (Fsp3) is 0. The summed E-state index contributed by atoms with van der Waals surface area (Å²) in [5, 5.41) is 2.32. The van der Waals surface area contributed by atoms with E-state index in [-0.39, 0.29) is 0 Å². The number of halogens is 1. The molecule has 3 heterocycles. The van der Waals surface area contributed by atoms with Crippen LogP contribution in [0.4, 0.5) is 0 Å². The second kappa shape index (κ2) is 3.96. The third kappa shape index (κ3) is 1.76. The smallest absolute Gasteiger partial charge is 0.137 e. The van der Waals surface area contributed by atoms with Crippen molar-refractivity contribution in [3.8, 4) is 11.3 Å². The van der Waals surface area contributed by atoms with E-state index in [1.165, 1.54) is 5.39 Å². The number of aromatic nitrogens is 3. The Balaban J connectivity index is 1.92. The zero-order chi connectivity index (χ0) is 12.8. The Hall–Kier alpha value is -2.07. The number of H-pyrrole nitrogens is 2. The molecule has 0 fully saturated rings. The normalized spacial score (nSPS) is 11.4. The van der Waals surface area contributed by atoms with Gasteiger partial charge in [-0.25, -0.2) is 4.98 Å². The van der Waals surface area contributed by atoms with Gasteiger partial charge in [0.1, 0.15) is 5.65 Å². The van der Waals surface area contributed by atoms with Gasteiger partial charge in [-0.1, -0.05) is 15.9 Å². The lowest BCUT2D eigenvalue weighted by Crippen LogP contribution is -1.81. The van der Waals surface area contributed by atoms with Gasteiger partial charge in [0.25, 0.3) is 0 Å². The first-order chi connectivity index (χ1) is 9.29. The van der Waals surface area contributed by atoms with Crippen LogP contribution in [0.15, 0.2) is 53.3 Å². The molecule has 0 spiro atoms. The largest absolute Gasteiger partial charge is 0.354 e. The predicted octanol–water partition coefficient (Wildman–Crippen LogP) is 4.47. The van der Waals surface area contributed by atoms with Crippen molar-refractivity contribution in [1.82, 2.24) is 15.0 Å². The van der Waals surface area contributed by atoms with Crippen molar-refractivity contribution in [2.45, 2.75) is 0 Å². The van der Waals surface area contributed by atoms with Gasteiger partial charge in [-0.05, 0) is 36.4 Å². The van der Waals surface area contributed by atoms with Crippen LogP contribution in [0, 0.1) is 0 Å². The standard InChI is InChI=1S/C15H10BrN3/c16-12-1-2-13-10(6-12)7-14(19-13)11-5-9-3-4-17-15(9)18-8-11/h1-8,19H,(H,17,18). The van der Waals surface area contributed by atoms with Crippen LogP contribution >= 0.6 is 15.9 Å². The number of aromatic amines is 2. The lowest BCUT2D eigenvalue weighted by atomic mass is 10.1. The minimum atomic E-state index is 0.919. The molecule has 2 N–H and O–H groups in total. The number of rotatable bonds is 1. The first-order valence-corrected chi connectivity index (χ1v) is 6.81. The monoisotopic (exact) mass is 311 g/mol. The molecule has 4 aromatic rings. The van der Waals surface area contributed by atoms with E-state index in [0.29, 0.717) is 0 Å². The third-order valence-electron chi connectivity index (χ3n) is 3.29. The van der Waals surface area contributed by atoms with Crippen molar-refractivity contribution in [3.05, 3.63) is 53.3 Å². The lowest BCUT2D eigenvalue weighted by molar-refractivity contribution is 1.32. The van der Waals surface area contributed by atoms with Crippen LogP contribution in [0.1, 0.15) is 0 Å². The second-order valence-electron chi connectivity index (χ2n) is 4.55. The highest BCUT2D eigenvalue weighted by Gasteiger charge is 2.05. The van der Waals surface area contributed by atoms with Gasteiger partial charge >= 0.3 is 0 Å². The summed E-state index contributed by atoms with van der Waals surface area (Å²) in [6.45, 7) is 0. The van der Waals surface area contributed by atoms with Gasteiger partial charge in [0.2, 0.25) is 0 Å². The molecule has 3 nitrogen and oxygen atoms in total. The van der Waals surface area contributed by atoms with Gasteiger partial charge in [0, 0.05) is 44.4 Å². The topological polar surface area (TPSA) is 44.5 Å². The van der Waals surface area contributed by atoms with Crippen molar-refractivity contribution >= 4 is 37.9 Å². The Bertz CT molecular complexity index is 889. The lowest BCUT2D eigenvalue weighted by Gasteiger charge is -1.97. The summed E-state index contributed by atoms with van der Waals surface area (Å²) in [5.41, 5.74) is 4.23. The molecule has 0 aliphatic heterocycles. The molecule has 19 heavy (non-hydrogen) atoms. The van der Waals surface area contributed by atoms with Gasteiger partial charge in [0.15, 0.2) is 0 Å². The van der Waals surface area contributed by atoms with Gasteiger partial charge < -0.3 is 9.97 Å². The van der Waals surface area contributed by atoms with Gasteiger partial charge in [0.05, 0.1) is 0 Å². The number of pyridine rings is 1. The van der Waals surface area contributed by atoms with Crippen LogP contribution in [0.5, 0.6) is 0 Å². The first kappa shape index (κ1) is 10.8. The molecular formula is C15H10BrN3. The maximum absolute atomic E-state index is 4.42. The SMILES string of the molecule is Brc1ccc2[nH]c(-c3cnc4[nH]ccc4c3)cc2c1. The molecule has 3 aromatic heterocycles. The van der Waals surface area contributed by atoms with Crippen LogP contribution < -0.4 is 0 Å². The summed E-state index contributed by atoms with van der Waals surface area (Å²) in [4.78, 5) is 11.0. The number of hydrogen-bond acceptors (Lipinski definition) is 1. The highest BCUT2D eigenvalue weighted by Crippen LogP contribution is 2.27. The molecule has 4 rings (SSSR count). The minimum absolute atomic E-state index is 0.919. The fourth-order valence-electron chi connectivity index (χ4n) is 2.35. The zero-order valence-electron chi connectivity index (χ0n) is 9.94. The van der Waals surface area contributed by atoms with Crippen LogP contribution in [0.25, 0.3) is 33.2 Å². The van der Waals surface area contributed by atoms with Crippen LogP contribution in [-0.4, -0.2) is 15.0 Å². The van der Waals surface area contributed by atoms with E-state index < -0.39 is 0 Å². The number of fused-ring (bicyclic) bond motifs is 2. The molecule has 0 aliphatic carbocycles. The molecule has 0 aliphatic rings. The molecule has 0 atom stereocenters. The van der Waals surface area contributed by atoms with Crippen molar-refractivity contribution in [2.75, 3.05) is 0 Å². The van der Waals surface area contributed by atoms with E-state index in [1.54, 1.807) is 0 Å². The summed E-state index contributed by atoms with van der Waals surface area (Å²) >= 11 is 3.49. The van der Waals surface area contributed by atoms with Gasteiger partial charge in [-0.15, -0.1) is 0 Å².